The quantitative estimate of drug-likeness (QED) is 0.793. The SMILES string of the molecule is Cl.Cl.Nc1ccccc1CCC(=O)NCCc1cccnc1. The number of hydrogen-bond donors (Lipinski definition) is 2. The van der Waals surface area contributed by atoms with Gasteiger partial charge >= 0.3 is 0 Å². The summed E-state index contributed by atoms with van der Waals surface area (Å²) in [5.74, 6) is 0.0529. The van der Waals surface area contributed by atoms with Crippen molar-refractivity contribution < 1.29 is 4.79 Å². The van der Waals surface area contributed by atoms with Crippen LogP contribution in [0.1, 0.15) is 17.5 Å². The molecule has 120 valence electrons. The van der Waals surface area contributed by atoms with Crippen LogP contribution >= 0.6 is 24.8 Å². The van der Waals surface area contributed by atoms with Gasteiger partial charge in [0.25, 0.3) is 0 Å². The van der Waals surface area contributed by atoms with Crippen LogP contribution in [0.15, 0.2) is 48.8 Å². The van der Waals surface area contributed by atoms with Gasteiger partial charge in [-0.15, -0.1) is 24.8 Å². The molecule has 0 bridgehead atoms. The minimum Gasteiger partial charge on any atom is -0.399 e. The summed E-state index contributed by atoms with van der Waals surface area (Å²) in [5.41, 5.74) is 8.74. The van der Waals surface area contributed by atoms with Crippen LogP contribution in [0, 0.1) is 0 Å². The number of aryl methyl sites for hydroxylation is 1. The average Bonchev–Trinajstić information content (AvgIpc) is 2.47. The number of nitrogens with zero attached hydrogens (tertiary/aromatic N) is 1. The minimum absolute atomic E-state index is 0. The zero-order valence-corrected chi connectivity index (χ0v) is 13.8. The molecular weight excluding hydrogens is 321 g/mol. The number of para-hydroxylation sites is 1. The number of pyridine rings is 1. The number of amides is 1. The maximum Gasteiger partial charge on any atom is 0.220 e. The van der Waals surface area contributed by atoms with Crippen molar-refractivity contribution in [3.05, 3.63) is 59.9 Å². The first-order valence-electron chi connectivity index (χ1n) is 6.74. The molecule has 3 N–H and O–H groups in total. The molecule has 4 nitrogen and oxygen atoms in total. The predicted octanol–water partition coefficient (Wildman–Crippen LogP) is 2.80. The number of anilines is 1. The summed E-state index contributed by atoms with van der Waals surface area (Å²) < 4.78 is 0. The molecule has 0 spiro atoms. The van der Waals surface area contributed by atoms with Gasteiger partial charge in [0, 0.05) is 31.0 Å². The molecule has 0 unspecified atom stereocenters. The molecule has 22 heavy (non-hydrogen) atoms. The summed E-state index contributed by atoms with van der Waals surface area (Å²) in [7, 11) is 0. The molecular formula is C16H21Cl2N3O. The van der Waals surface area contributed by atoms with Crippen molar-refractivity contribution >= 4 is 36.4 Å². The van der Waals surface area contributed by atoms with E-state index in [-0.39, 0.29) is 30.7 Å². The second-order valence-electron chi connectivity index (χ2n) is 4.66. The monoisotopic (exact) mass is 341 g/mol. The van der Waals surface area contributed by atoms with E-state index in [0.29, 0.717) is 19.4 Å². The third-order valence-electron chi connectivity index (χ3n) is 3.14. The zero-order chi connectivity index (χ0) is 14.2. The standard InChI is InChI=1S/C16H19N3O.2ClH/c17-15-6-2-1-5-14(15)7-8-16(20)19-11-9-13-4-3-10-18-12-13;;/h1-6,10,12H,7-9,11,17H2,(H,19,20);2*1H. The zero-order valence-electron chi connectivity index (χ0n) is 12.2. The highest BCUT2D eigenvalue weighted by Gasteiger charge is 2.04. The van der Waals surface area contributed by atoms with E-state index in [1.807, 2.05) is 42.6 Å². The van der Waals surface area contributed by atoms with Crippen LogP contribution in [-0.4, -0.2) is 17.4 Å². The Morgan fingerprint density at radius 1 is 1.09 bits per heavy atom. The molecule has 2 rings (SSSR count). The normalized spacial score (nSPS) is 9.27. The van der Waals surface area contributed by atoms with E-state index in [1.54, 1.807) is 6.20 Å². The fraction of sp³-hybridized carbons (Fsp3) is 0.250. The first-order valence-corrected chi connectivity index (χ1v) is 6.74. The van der Waals surface area contributed by atoms with E-state index in [1.165, 1.54) is 0 Å². The van der Waals surface area contributed by atoms with Crippen LogP contribution in [0.5, 0.6) is 0 Å². The molecule has 2 aromatic rings. The predicted molar refractivity (Wildman–Crippen MR) is 94.6 cm³/mol. The molecule has 0 atom stereocenters. The van der Waals surface area contributed by atoms with Crippen LogP contribution in [0.2, 0.25) is 0 Å². The minimum atomic E-state index is 0. The van der Waals surface area contributed by atoms with Crippen LogP contribution < -0.4 is 11.1 Å². The van der Waals surface area contributed by atoms with E-state index >= 15 is 0 Å². The van der Waals surface area contributed by atoms with Crippen LogP contribution in [0.25, 0.3) is 0 Å². The van der Waals surface area contributed by atoms with Crippen molar-refractivity contribution in [2.45, 2.75) is 19.3 Å². The van der Waals surface area contributed by atoms with Crippen LogP contribution in [-0.2, 0) is 17.6 Å². The molecule has 0 saturated carbocycles. The van der Waals surface area contributed by atoms with Crippen LogP contribution in [0.3, 0.4) is 0 Å². The summed E-state index contributed by atoms with van der Waals surface area (Å²) in [6, 6.07) is 11.5. The first-order chi connectivity index (χ1) is 9.75. The molecule has 6 heteroatoms. The Morgan fingerprint density at radius 2 is 1.86 bits per heavy atom. The van der Waals surface area contributed by atoms with Gasteiger partial charge in [-0.25, -0.2) is 0 Å². The summed E-state index contributed by atoms with van der Waals surface area (Å²) >= 11 is 0. The molecule has 0 aliphatic heterocycles. The van der Waals surface area contributed by atoms with Crippen molar-refractivity contribution in [3.63, 3.8) is 0 Å². The molecule has 0 fully saturated rings. The van der Waals surface area contributed by atoms with Gasteiger partial charge < -0.3 is 11.1 Å². The molecule has 0 aliphatic carbocycles. The van der Waals surface area contributed by atoms with E-state index in [0.717, 1.165) is 23.2 Å². The summed E-state index contributed by atoms with van der Waals surface area (Å²) in [5, 5.41) is 2.91. The molecule has 0 saturated heterocycles. The van der Waals surface area contributed by atoms with Gasteiger partial charge in [-0.2, -0.15) is 0 Å². The topological polar surface area (TPSA) is 68.0 Å². The van der Waals surface area contributed by atoms with Gasteiger partial charge in [-0.1, -0.05) is 24.3 Å². The van der Waals surface area contributed by atoms with Gasteiger partial charge in [0.1, 0.15) is 0 Å². The second kappa shape index (κ2) is 10.9. The number of halogens is 2. The smallest absolute Gasteiger partial charge is 0.220 e. The maximum absolute atomic E-state index is 11.8. The number of benzene rings is 1. The lowest BCUT2D eigenvalue weighted by Gasteiger charge is -2.07. The van der Waals surface area contributed by atoms with E-state index < -0.39 is 0 Å². The molecule has 0 radical (unpaired) electrons. The largest absolute Gasteiger partial charge is 0.399 e. The fourth-order valence-electron chi connectivity index (χ4n) is 1.99. The van der Waals surface area contributed by atoms with E-state index in [4.69, 9.17) is 5.73 Å². The Bertz CT molecular complexity index is 564. The third-order valence-corrected chi connectivity index (χ3v) is 3.14. The number of nitrogens with one attached hydrogen (secondary N) is 1. The highest BCUT2D eigenvalue weighted by Crippen LogP contribution is 2.12. The maximum atomic E-state index is 11.8. The summed E-state index contributed by atoms with van der Waals surface area (Å²) in [6.45, 7) is 0.634. The number of nitrogens with two attached hydrogens (primary N) is 1. The number of aromatic nitrogens is 1. The summed E-state index contributed by atoms with van der Waals surface area (Å²) in [6.07, 6.45) is 5.49. The lowest BCUT2D eigenvalue weighted by atomic mass is 10.1. The number of hydrogen-bond acceptors (Lipinski definition) is 3. The number of carbonyl (C=O) groups excluding carboxylic acids is 1. The second-order valence-corrected chi connectivity index (χ2v) is 4.66. The first kappa shape index (κ1) is 20.2. The number of carbonyl (C=O) groups is 1. The number of rotatable bonds is 6. The molecule has 1 aromatic heterocycles. The van der Waals surface area contributed by atoms with Gasteiger partial charge in [-0.3, -0.25) is 9.78 Å². The van der Waals surface area contributed by atoms with Gasteiger partial charge in [0.2, 0.25) is 5.91 Å². The van der Waals surface area contributed by atoms with Crippen molar-refractivity contribution in [1.29, 1.82) is 0 Å². The van der Waals surface area contributed by atoms with Crippen molar-refractivity contribution in [3.8, 4) is 0 Å². The highest BCUT2D eigenvalue weighted by atomic mass is 35.5. The lowest BCUT2D eigenvalue weighted by Crippen LogP contribution is -2.25. The molecule has 0 aliphatic rings. The van der Waals surface area contributed by atoms with Gasteiger partial charge in [0.05, 0.1) is 0 Å². The highest BCUT2D eigenvalue weighted by molar-refractivity contribution is 5.85. The van der Waals surface area contributed by atoms with Crippen molar-refractivity contribution in [1.82, 2.24) is 10.3 Å². The Hall–Kier alpha value is -1.78. The fourth-order valence-corrected chi connectivity index (χ4v) is 1.99. The van der Waals surface area contributed by atoms with Crippen molar-refractivity contribution in [2.24, 2.45) is 0 Å². The molecule has 1 amide bonds. The van der Waals surface area contributed by atoms with Crippen LogP contribution in [0.4, 0.5) is 5.69 Å². The average molecular weight is 342 g/mol. The third kappa shape index (κ3) is 6.78. The summed E-state index contributed by atoms with van der Waals surface area (Å²) in [4.78, 5) is 15.8. The number of nitrogen functional groups attached to an aromatic ring is 1. The van der Waals surface area contributed by atoms with Crippen molar-refractivity contribution in [2.75, 3.05) is 12.3 Å². The Morgan fingerprint density at radius 3 is 2.55 bits per heavy atom. The van der Waals surface area contributed by atoms with Gasteiger partial charge in [-0.05, 0) is 36.1 Å². The Kier molecular flexibility index (Phi) is 10.00. The van der Waals surface area contributed by atoms with Gasteiger partial charge in [0.15, 0.2) is 0 Å². The Balaban J connectivity index is 0.00000220. The van der Waals surface area contributed by atoms with E-state index in [9.17, 15) is 4.79 Å². The lowest BCUT2D eigenvalue weighted by molar-refractivity contribution is -0.121. The molecule has 1 aromatic carbocycles. The Labute approximate surface area is 143 Å². The molecule has 1 heterocycles. The van der Waals surface area contributed by atoms with E-state index in [2.05, 4.69) is 10.3 Å².